The largest absolute Gasteiger partial charge is 0.292 e. The van der Waals surface area contributed by atoms with Gasteiger partial charge in [0.15, 0.2) is 0 Å². The number of hydrogen-bond donors (Lipinski definition) is 1. The molecule has 0 amide bonds. The van der Waals surface area contributed by atoms with Crippen molar-refractivity contribution in [2.75, 3.05) is 0 Å². The summed E-state index contributed by atoms with van der Waals surface area (Å²) in [6.07, 6.45) is 1.61. The second-order valence-corrected chi connectivity index (χ2v) is 5.70. The van der Waals surface area contributed by atoms with Gasteiger partial charge in [-0.25, -0.2) is 9.97 Å². The Morgan fingerprint density at radius 1 is 1.12 bits per heavy atom. The van der Waals surface area contributed by atoms with Gasteiger partial charge in [-0.05, 0) is 32.4 Å². The summed E-state index contributed by atoms with van der Waals surface area (Å²) >= 11 is 0. The first-order valence-electron chi connectivity index (χ1n) is 7.72. The van der Waals surface area contributed by atoms with Crippen molar-refractivity contribution in [1.29, 1.82) is 0 Å². The number of H-pyrrole nitrogens is 1. The number of aryl methyl sites for hydroxylation is 3. The molecule has 0 aliphatic heterocycles. The van der Waals surface area contributed by atoms with Crippen LogP contribution in [0.15, 0.2) is 46.2 Å². The van der Waals surface area contributed by atoms with Crippen molar-refractivity contribution in [2.24, 2.45) is 4.99 Å². The van der Waals surface area contributed by atoms with Gasteiger partial charge >= 0.3 is 0 Å². The van der Waals surface area contributed by atoms with E-state index in [4.69, 9.17) is 0 Å². The highest BCUT2D eigenvalue weighted by atomic mass is 16.1. The average molecular weight is 321 g/mol. The zero-order valence-corrected chi connectivity index (χ0v) is 13.9. The number of benzene rings is 1. The topological polar surface area (TPSA) is 75.9 Å². The Morgan fingerprint density at radius 3 is 2.46 bits per heavy atom. The molecule has 0 atom stereocenters. The summed E-state index contributed by atoms with van der Waals surface area (Å²) in [4.78, 5) is 25.6. The van der Waals surface area contributed by atoms with Gasteiger partial charge in [0.05, 0.1) is 12.1 Å². The van der Waals surface area contributed by atoms with Crippen LogP contribution in [0, 0.1) is 20.8 Å². The Hall–Kier alpha value is -3.02. The van der Waals surface area contributed by atoms with E-state index in [1.165, 1.54) is 4.68 Å². The van der Waals surface area contributed by atoms with Crippen LogP contribution in [0.25, 0.3) is 5.95 Å². The first-order chi connectivity index (χ1) is 11.5. The first-order valence-corrected chi connectivity index (χ1v) is 7.72. The van der Waals surface area contributed by atoms with Crippen molar-refractivity contribution in [3.05, 3.63) is 75.0 Å². The molecule has 122 valence electrons. The third kappa shape index (κ3) is 3.32. The molecule has 1 aromatic carbocycles. The van der Waals surface area contributed by atoms with Crippen LogP contribution in [0.3, 0.4) is 0 Å². The number of nitrogens with zero attached hydrogens (tertiary/aromatic N) is 4. The molecular formula is C18H19N5O. The van der Waals surface area contributed by atoms with E-state index >= 15 is 0 Å². The van der Waals surface area contributed by atoms with Gasteiger partial charge in [0.1, 0.15) is 0 Å². The average Bonchev–Trinajstić information content (AvgIpc) is 2.83. The van der Waals surface area contributed by atoms with Crippen LogP contribution in [0.2, 0.25) is 0 Å². The minimum absolute atomic E-state index is 0.200. The summed E-state index contributed by atoms with van der Waals surface area (Å²) in [5.74, 6) is 0.350. The van der Waals surface area contributed by atoms with E-state index in [9.17, 15) is 4.79 Å². The minimum Gasteiger partial charge on any atom is -0.292 e. The lowest BCUT2D eigenvalue weighted by Gasteiger charge is -2.02. The van der Waals surface area contributed by atoms with E-state index in [0.717, 1.165) is 22.6 Å². The number of hydrogen-bond acceptors (Lipinski definition) is 4. The van der Waals surface area contributed by atoms with E-state index in [2.05, 4.69) is 20.1 Å². The van der Waals surface area contributed by atoms with Crippen LogP contribution in [-0.4, -0.2) is 26.0 Å². The van der Waals surface area contributed by atoms with Gasteiger partial charge in [0.2, 0.25) is 0 Å². The minimum atomic E-state index is -0.200. The van der Waals surface area contributed by atoms with Gasteiger partial charge in [0, 0.05) is 23.3 Å². The maximum atomic E-state index is 12.6. The first kappa shape index (κ1) is 15.9. The van der Waals surface area contributed by atoms with E-state index < -0.39 is 0 Å². The van der Waals surface area contributed by atoms with Crippen molar-refractivity contribution in [2.45, 2.75) is 27.3 Å². The molecule has 0 saturated heterocycles. The molecule has 0 bridgehead atoms. The van der Waals surface area contributed by atoms with Crippen molar-refractivity contribution in [1.82, 2.24) is 19.7 Å². The second-order valence-electron chi connectivity index (χ2n) is 5.70. The molecule has 0 saturated carbocycles. The highest BCUT2D eigenvalue weighted by Gasteiger charge is 2.13. The maximum absolute atomic E-state index is 12.6. The van der Waals surface area contributed by atoms with Crippen LogP contribution < -0.4 is 5.56 Å². The van der Waals surface area contributed by atoms with Gasteiger partial charge in [-0.1, -0.05) is 30.3 Å². The summed E-state index contributed by atoms with van der Waals surface area (Å²) in [5, 5.41) is 3.02. The fraction of sp³-hybridized carbons (Fsp3) is 0.222. The molecule has 1 N–H and O–H groups in total. The van der Waals surface area contributed by atoms with Crippen LogP contribution >= 0.6 is 0 Å². The monoisotopic (exact) mass is 321 g/mol. The quantitative estimate of drug-likeness (QED) is 0.750. The lowest BCUT2D eigenvalue weighted by molar-refractivity contribution is 0.763. The van der Waals surface area contributed by atoms with Gasteiger partial charge in [0.25, 0.3) is 11.5 Å². The Balaban J connectivity index is 1.91. The Labute approximate surface area is 139 Å². The predicted molar refractivity (Wildman–Crippen MR) is 93.9 cm³/mol. The molecular weight excluding hydrogens is 302 g/mol. The van der Waals surface area contributed by atoms with Gasteiger partial charge in [-0.3, -0.25) is 14.9 Å². The fourth-order valence-corrected chi connectivity index (χ4v) is 2.49. The fourth-order valence-electron chi connectivity index (χ4n) is 2.49. The second kappa shape index (κ2) is 6.62. The summed E-state index contributed by atoms with van der Waals surface area (Å²) in [7, 11) is 0. The molecule has 3 aromatic rings. The van der Waals surface area contributed by atoms with Crippen LogP contribution in [0.4, 0.5) is 0 Å². The summed E-state index contributed by atoms with van der Waals surface area (Å²) in [6, 6.07) is 11.8. The lowest BCUT2D eigenvalue weighted by Crippen LogP contribution is -2.20. The highest BCUT2D eigenvalue weighted by Crippen LogP contribution is 2.05. The zero-order valence-electron chi connectivity index (χ0n) is 13.9. The SMILES string of the molecule is Cc1cc(C)nc(-n2[nH]c(C)c(C=NCc3ccccc3)c2=O)n1. The van der Waals surface area contributed by atoms with Crippen LogP contribution in [-0.2, 0) is 6.54 Å². The van der Waals surface area contributed by atoms with Crippen molar-refractivity contribution in [3.8, 4) is 5.95 Å². The normalized spacial score (nSPS) is 11.3. The van der Waals surface area contributed by atoms with Crippen molar-refractivity contribution < 1.29 is 0 Å². The predicted octanol–water partition coefficient (Wildman–Crippen LogP) is 2.50. The van der Waals surface area contributed by atoms with E-state index in [1.54, 1.807) is 6.21 Å². The summed E-state index contributed by atoms with van der Waals surface area (Å²) in [5.41, 5.74) is 3.79. The molecule has 0 unspecified atom stereocenters. The Morgan fingerprint density at radius 2 is 1.79 bits per heavy atom. The molecule has 0 spiro atoms. The van der Waals surface area contributed by atoms with Gasteiger partial charge < -0.3 is 0 Å². The maximum Gasteiger partial charge on any atom is 0.282 e. The number of rotatable bonds is 4. The standard InChI is InChI=1S/C18H19N5O/c1-12-9-13(2)21-18(20-12)23-17(24)16(14(3)22-23)11-19-10-15-7-5-4-6-8-15/h4-9,11,22H,10H2,1-3H3. The molecule has 0 aliphatic rings. The Bertz CT molecular complexity index is 918. The zero-order chi connectivity index (χ0) is 17.1. The number of aliphatic imine (C=N–C) groups is 1. The lowest BCUT2D eigenvalue weighted by atomic mass is 10.2. The molecule has 2 heterocycles. The van der Waals surface area contributed by atoms with Gasteiger partial charge in [-0.2, -0.15) is 4.68 Å². The molecule has 0 aliphatic carbocycles. The Kier molecular flexibility index (Phi) is 4.37. The summed E-state index contributed by atoms with van der Waals surface area (Å²) < 4.78 is 1.36. The molecule has 2 aromatic heterocycles. The van der Waals surface area contributed by atoms with Gasteiger partial charge in [-0.15, -0.1) is 0 Å². The smallest absolute Gasteiger partial charge is 0.282 e. The molecule has 0 radical (unpaired) electrons. The number of aromatic amines is 1. The molecule has 0 fully saturated rings. The third-order valence-corrected chi connectivity index (χ3v) is 3.62. The molecule has 24 heavy (non-hydrogen) atoms. The van der Waals surface area contributed by atoms with E-state index in [-0.39, 0.29) is 5.56 Å². The third-order valence-electron chi connectivity index (χ3n) is 3.62. The summed E-state index contributed by atoms with van der Waals surface area (Å²) in [6.45, 7) is 6.12. The number of aromatic nitrogens is 4. The van der Waals surface area contributed by atoms with E-state index in [1.807, 2.05) is 57.2 Å². The van der Waals surface area contributed by atoms with Crippen molar-refractivity contribution in [3.63, 3.8) is 0 Å². The number of nitrogens with one attached hydrogen (secondary N) is 1. The van der Waals surface area contributed by atoms with E-state index in [0.29, 0.717) is 18.1 Å². The van der Waals surface area contributed by atoms with Crippen molar-refractivity contribution >= 4 is 6.21 Å². The molecule has 6 nitrogen and oxygen atoms in total. The van der Waals surface area contributed by atoms with Crippen LogP contribution in [0.5, 0.6) is 0 Å². The molecule has 3 rings (SSSR count). The highest BCUT2D eigenvalue weighted by molar-refractivity contribution is 5.80. The molecule has 6 heteroatoms. The van der Waals surface area contributed by atoms with Crippen LogP contribution in [0.1, 0.15) is 28.2 Å².